The van der Waals surface area contributed by atoms with Crippen molar-refractivity contribution >= 4 is 28.3 Å². The van der Waals surface area contributed by atoms with E-state index in [2.05, 4.69) is 40.4 Å². The van der Waals surface area contributed by atoms with Gasteiger partial charge in [0.05, 0.1) is 6.26 Å². The minimum atomic E-state index is -0.130. The summed E-state index contributed by atoms with van der Waals surface area (Å²) in [7, 11) is 0. The molecule has 0 spiro atoms. The molecule has 162 valence electrons. The molecule has 1 N–H and O–H groups in total. The second kappa shape index (κ2) is 9.31. The molecule has 4 rings (SSSR count). The lowest BCUT2D eigenvalue weighted by Gasteiger charge is -2.30. The fraction of sp³-hybridized carbons (Fsp3) is 0.476. The van der Waals surface area contributed by atoms with Crippen LogP contribution in [0.25, 0.3) is 11.7 Å². The molecule has 3 aromatic rings. The summed E-state index contributed by atoms with van der Waals surface area (Å²) in [4.78, 5) is 18.9. The van der Waals surface area contributed by atoms with Crippen LogP contribution in [0.5, 0.6) is 0 Å². The highest BCUT2D eigenvalue weighted by molar-refractivity contribution is 7.15. The summed E-state index contributed by atoms with van der Waals surface area (Å²) in [5.74, 6) is 1.39. The van der Waals surface area contributed by atoms with Crippen molar-refractivity contribution in [2.75, 3.05) is 23.3 Å². The van der Waals surface area contributed by atoms with Gasteiger partial charge in [0, 0.05) is 24.9 Å². The molecular weight excluding hydrogens is 416 g/mol. The summed E-state index contributed by atoms with van der Waals surface area (Å²) in [5.41, 5.74) is 0.220. The number of amides is 1. The van der Waals surface area contributed by atoms with Crippen molar-refractivity contribution in [3.05, 3.63) is 29.1 Å². The molecule has 1 fully saturated rings. The molecule has 0 saturated carbocycles. The molecule has 0 atom stereocenters. The van der Waals surface area contributed by atoms with E-state index in [1.807, 2.05) is 4.90 Å². The summed E-state index contributed by atoms with van der Waals surface area (Å²) in [5, 5.41) is 22.3. The van der Waals surface area contributed by atoms with Gasteiger partial charge in [-0.3, -0.25) is 4.79 Å². The molecule has 4 heterocycles. The third-order valence-electron chi connectivity index (χ3n) is 5.61. The number of carbonyl (C=O) groups is 1. The normalized spacial score (nSPS) is 14.7. The van der Waals surface area contributed by atoms with Gasteiger partial charge in [-0.15, -0.1) is 10.2 Å². The number of nitriles is 1. The van der Waals surface area contributed by atoms with Gasteiger partial charge in [-0.05, 0) is 37.8 Å². The highest BCUT2D eigenvalue weighted by atomic mass is 32.1. The Labute approximate surface area is 184 Å². The maximum Gasteiger partial charge on any atom is 0.266 e. The van der Waals surface area contributed by atoms with Crippen LogP contribution in [0.3, 0.4) is 0 Å². The summed E-state index contributed by atoms with van der Waals surface area (Å²) in [6.45, 7) is 5.44. The Bertz CT molecular complexity index is 1060. The summed E-state index contributed by atoms with van der Waals surface area (Å²) in [6.07, 6.45) is 4.83. The number of nitrogens with zero attached hydrogens (tertiary/aromatic N) is 5. The zero-order valence-electron chi connectivity index (χ0n) is 17.5. The number of anilines is 2. The Morgan fingerprint density at radius 1 is 1.35 bits per heavy atom. The van der Waals surface area contributed by atoms with E-state index in [1.54, 1.807) is 12.1 Å². The second-order valence-electron chi connectivity index (χ2n) is 7.47. The van der Waals surface area contributed by atoms with Crippen LogP contribution in [-0.2, 0) is 4.79 Å². The standard InChI is InChI=1S/C21H24N6O3S/c1-3-13(4-2)19-25-26-21(31-19)24-17(28)14-7-9-27(10-8-14)20-15(12-22)23-18(30-20)16-6-5-11-29-16/h5-6,11,13-14H,3-4,7-10H2,1-2H3,(H,24,26,28). The van der Waals surface area contributed by atoms with Crippen molar-refractivity contribution in [3.63, 3.8) is 0 Å². The van der Waals surface area contributed by atoms with Crippen molar-refractivity contribution in [2.24, 2.45) is 5.92 Å². The number of furan rings is 1. The molecule has 0 aromatic carbocycles. The maximum atomic E-state index is 12.7. The first-order chi connectivity index (χ1) is 15.1. The summed E-state index contributed by atoms with van der Waals surface area (Å²) >= 11 is 1.45. The molecular formula is C21H24N6O3S. The largest absolute Gasteiger partial charge is 0.459 e. The minimum absolute atomic E-state index is 0.0405. The second-order valence-corrected chi connectivity index (χ2v) is 8.48. The van der Waals surface area contributed by atoms with Gasteiger partial charge in [-0.2, -0.15) is 10.2 Å². The predicted molar refractivity (Wildman–Crippen MR) is 116 cm³/mol. The molecule has 31 heavy (non-hydrogen) atoms. The number of aromatic nitrogens is 3. The summed E-state index contributed by atoms with van der Waals surface area (Å²) < 4.78 is 11.1. The first kappa shape index (κ1) is 21.1. The van der Waals surface area contributed by atoms with E-state index in [-0.39, 0.29) is 23.4 Å². The summed E-state index contributed by atoms with van der Waals surface area (Å²) in [6, 6.07) is 5.55. The van der Waals surface area contributed by atoms with E-state index >= 15 is 0 Å². The monoisotopic (exact) mass is 440 g/mol. The van der Waals surface area contributed by atoms with E-state index in [0.29, 0.717) is 48.6 Å². The van der Waals surface area contributed by atoms with E-state index in [9.17, 15) is 10.1 Å². The van der Waals surface area contributed by atoms with Gasteiger partial charge in [0.25, 0.3) is 5.89 Å². The number of hydrogen-bond acceptors (Lipinski definition) is 9. The Balaban J connectivity index is 1.37. The van der Waals surface area contributed by atoms with Gasteiger partial charge in [0.2, 0.25) is 22.6 Å². The van der Waals surface area contributed by atoms with Crippen LogP contribution in [0.4, 0.5) is 11.0 Å². The lowest BCUT2D eigenvalue weighted by Crippen LogP contribution is -2.38. The molecule has 1 aliphatic heterocycles. The number of hydrogen-bond donors (Lipinski definition) is 1. The quantitative estimate of drug-likeness (QED) is 0.573. The van der Waals surface area contributed by atoms with Gasteiger partial charge in [-0.1, -0.05) is 25.2 Å². The number of oxazole rings is 1. The topological polar surface area (TPSA) is 121 Å². The Morgan fingerprint density at radius 2 is 2.13 bits per heavy atom. The Hall–Kier alpha value is -3.19. The fourth-order valence-electron chi connectivity index (χ4n) is 3.75. The first-order valence-corrected chi connectivity index (χ1v) is 11.3. The zero-order valence-corrected chi connectivity index (χ0v) is 18.3. The SMILES string of the molecule is CCC(CC)c1nnc(NC(=O)C2CCN(c3oc(-c4ccco4)nc3C#N)CC2)s1. The van der Waals surface area contributed by atoms with Crippen LogP contribution >= 0.6 is 11.3 Å². The predicted octanol–water partition coefficient (Wildman–Crippen LogP) is 4.42. The fourth-order valence-corrected chi connectivity index (χ4v) is 4.76. The van der Waals surface area contributed by atoms with Crippen molar-refractivity contribution in [1.29, 1.82) is 5.26 Å². The zero-order chi connectivity index (χ0) is 21.8. The van der Waals surface area contributed by atoms with Crippen LogP contribution in [0, 0.1) is 17.2 Å². The van der Waals surface area contributed by atoms with Crippen LogP contribution in [0.15, 0.2) is 27.2 Å². The molecule has 1 amide bonds. The molecule has 3 aromatic heterocycles. The Kier molecular flexibility index (Phi) is 6.32. The molecule has 1 aliphatic rings. The third-order valence-corrected chi connectivity index (χ3v) is 6.61. The highest BCUT2D eigenvalue weighted by Gasteiger charge is 2.30. The van der Waals surface area contributed by atoms with E-state index in [4.69, 9.17) is 8.83 Å². The molecule has 0 bridgehead atoms. The smallest absolute Gasteiger partial charge is 0.266 e. The van der Waals surface area contributed by atoms with Gasteiger partial charge < -0.3 is 19.1 Å². The van der Waals surface area contributed by atoms with Crippen LogP contribution in [0.1, 0.15) is 56.2 Å². The van der Waals surface area contributed by atoms with E-state index < -0.39 is 0 Å². The first-order valence-electron chi connectivity index (χ1n) is 10.5. The van der Waals surface area contributed by atoms with Gasteiger partial charge in [0.1, 0.15) is 11.1 Å². The van der Waals surface area contributed by atoms with Crippen molar-refractivity contribution < 1.29 is 13.6 Å². The van der Waals surface area contributed by atoms with Crippen LogP contribution in [-0.4, -0.2) is 34.2 Å². The average Bonchev–Trinajstić information content (AvgIpc) is 3.55. The molecule has 10 heteroatoms. The number of rotatable bonds is 7. The number of nitrogens with one attached hydrogen (secondary N) is 1. The van der Waals surface area contributed by atoms with Crippen LogP contribution < -0.4 is 10.2 Å². The van der Waals surface area contributed by atoms with E-state index in [0.717, 1.165) is 17.8 Å². The lowest BCUT2D eigenvalue weighted by molar-refractivity contribution is -0.120. The number of piperidine rings is 1. The van der Waals surface area contributed by atoms with Crippen molar-refractivity contribution in [2.45, 2.75) is 45.4 Å². The molecule has 9 nitrogen and oxygen atoms in total. The van der Waals surface area contributed by atoms with Crippen LogP contribution in [0.2, 0.25) is 0 Å². The van der Waals surface area contributed by atoms with Gasteiger partial charge in [-0.25, -0.2) is 0 Å². The highest BCUT2D eigenvalue weighted by Crippen LogP contribution is 2.32. The maximum absolute atomic E-state index is 12.7. The molecule has 0 aliphatic carbocycles. The van der Waals surface area contributed by atoms with Crippen molar-refractivity contribution in [3.8, 4) is 17.7 Å². The lowest BCUT2D eigenvalue weighted by atomic mass is 9.96. The molecule has 0 radical (unpaired) electrons. The number of carbonyl (C=O) groups excluding carboxylic acids is 1. The van der Waals surface area contributed by atoms with Gasteiger partial charge >= 0.3 is 0 Å². The van der Waals surface area contributed by atoms with E-state index in [1.165, 1.54) is 17.6 Å². The van der Waals surface area contributed by atoms with Gasteiger partial charge in [0.15, 0.2) is 5.76 Å². The van der Waals surface area contributed by atoms with Crippen molar-refractivity contribution in [1.82, 2.24) is 15.2 Å². The minimum Gasteiger partial charge on any atom is -0.459 e. The molecule has 0 unspecified atom stereocenters. The third kappa shape index (κ3) is 4.46. The molecule has 1 saturated heterocycles. The average molecular weight is 441 g/mol. The Morgan fingerprint density at radius 3 is 2.77 bits per heavy atom.